The van der Waals surface area contributed by atoms with Crippen LogP contribution in [0.5, 0.6) is 0 Å². The van der Waals surface area contributed by atoms with Crippen molar-refractivity contribution in [3.05, 3.63) is 28.0 Å². The van der Waals surface area contributed by atoms with Crippen LogP contribution in [0.4, 0.5) is 5.69 Å². The maximum absolute atomic E-state index is 11.8. The minimum Gasteiger partial charge on any atom is -0.369 e. The van der Waals surface area contributed by atoms with E-state index in [1.165, 1.54) is 4.68 Å². The zero-order valence-corrected chi connectivity index (χ0v) is 9.65. The number of aromatic nitrogens is 2. The van der Waals surface area contributed by atoms with Crippen LogP contribution in [0.15, 0.2) is 11.0 Å². The zero-order valence-electron chi connectivity index (χ0n) is 8.90. The maximum atomic E-state index is 11.8. The van der Waals surface area contributed by atoms with Crippen LogP contribution in [0.25, 0.3) is 0 Å². The van der Waals surface area contributed by atoms with E-state index >= 15 is 0 Å². The van der Waals surface area contributed by atoms with Gasteiger partial charge in [0.2, 0.25) is 0 Å². The molecule has 2 rings (SSSR count). The molecular weight excluding hydrogens is 228 g/mol. The first-order chi connectivity index (χ1) is 7.74. The van der Waals surface area contributed by atoms with Crippen molar-refractivity contribution in [3.8, 4) is 0 Å². The van der Waals surface area contributed by atoms with Crippen LogP contribution in [0.3, 0.4) is 0 Å². The molecule has 1 fully saturated rings. The van der Waals surface area contributed by atoms with Crippen LogP contribution in [0, 0.1) is 6.42 Å². The average molecular weight is 242 g/mol. The van der Waals surface area contributed by atoms with Crippen LogP contribution in [0.2, 0.25) is 5.02 Å². The van der Waals surface area contributed by atoms with Crippen LogP contribution in [-0.2, 0) is 6.54 Å². The summed E-state index contributed by atoms with van der Waals surface area (Å²) >= 11 is 6.04. The molecule has 0 saturated carbocycles. The molecule has 1 aromatic heterocycles. The second kappa shape index (κ2) is 4.84. The summed E-state index contributed by atoms with van der Waals surface area (Å²) in [5.41, 5.74) is 5.83. The summed E-state index contributed by atoms with van der Waals surface area (Å²) in [6.07, 6.45) is 4.81. The van der Waals surface area contributed by atoms with Crippen molar-refractivity contribution >= 4 is 17.3 Å². The Morgan fingerprint density at radius 3 is 3.00 bits per heavy atom. The number of nitrogens with two attached hydrogens (primary N) is 1. The molecule has 0 atom stereocenters. The molecule has 1 aliphatic heterocycles. The lowest BCUT2D eigenvalue weighted by atomic mass is 10.4. The largest absolute Gasteiger partial charge is 0.369 e. The fourth-order valence-electron chi connectivity index (χ4n) is 1.76. The minimum atomic E-state index is -0.267. The second-order valence-corrected chi connectivity index (χ2v) is 4.06. The van der Waals surface area contributed by atoms with Gasteiger partial charge in [0.25, 0.3) is 5.56 Å². The Morgan fingerprint density at radius 1 is 1.56 bits per heavy atom. The molecule has 5 nitrogen and oxygen atoms in total. The minimum absolute atomic E-state index is 0.235. The lowest BCUT2D eigenvalue weighted by Gasteiger charge is -2.18. The van der Waals surface area contributed by atoms with Crippen LogP contribution < -0.4 is 16.2 Å². The summed E-state index contributed by atoms with van der Waals surface area (Å²) in [5.74, 6) is 0. The molecule has 0 aromatic carbocycles. The molecule has 0 bridgehead atoms. The first-order valence-electron chi connectivity index (χ1n) is 5.26. The maximum Gasteiger partial charge on any atom is 0.287 e. The van der Waals surface area contributed by atoms with Crippen molar-refractivity contribution in [3.63, 3.8) is 0 Å². The molecular formula is C10H14ClN4O. The van der Waals surface area contributed by atoms with Crippen molar-refractivity contribution < 1.29 is 0 Å². The fraction of sp³-hybridized carbons (Fsp3) is 0.500. The highest BCUT2D eigenvalue weighted by molar-refractivity contribution is 6.33. The van der Waals surface area contributed by atoms with Gasteiger partial charge in [0.05, 0.1) is 18.4 Å². The Balaban J connectivity index is 2.34. The summed E-state index contributed by atoms with van der Waals surface area (Å²) in [6, 6.07) is 0. The SMILES string of the molecule is NCCn1ncc(N2C[CH]CC2)c(Cl)c1=O. The molecule has 1 aliphatic rings. The van der Waals surface area contributed by atoms with Gasteiger partial charge in [-0.3, -0.25) is 4.79 Å². The van der Waals surface area contributed by atoms with Crippen molar-refractivity contribution in [1.82, 2.24) is 9.78 Å². The van der Waals surface area contributed by atoms with E-state index in [1.807, 2.05) is 4.90 Å². The lowest BCUT2D eigenvalue weighted by molar-refractivity contribution is 0.586. The third-order valence-electron chi connectivity index (χ3n) is 2.60. The number of nitrogens with zero attached hydrogens (tertiary/aromatic N) is 3. The molecule has 2 N–H and O–H groups in total. The van der Waals surface area contributed by atoms with Gasteiger partial charge < -0.3 is 10.6 Å². The third-order valence-corrected chi connectivity index (χ3v) is 2.96. The molecule has 16 heavy (non-hydrogen) atoms. The monoisotopic (exact) mass is 241 g/mol. The first-order valence-corrected chi connectivity index (χ1v) is 5.64. The standard InChI is InChI=1S/C10H14ClN4O/c11-9-8(14-4-1-2-5-14)7-13-15(6-3-12)10(9)16/h1,7H,2-6,12H2. The van der Waals surface area contributed by atoms with E-state index in [4.69, 9.17) is 17.3 Å². The van der Waals surface area contributed by atoms with E-state index in [-0.39, 0.29) is 10.6 Å². The fourth-order valence-corrected chi connectivity index (χ4v) is 2.03. The highest BCUT2D eigenvalue weighted by Gasteiger charge is 2.18. The molecule has 2 heterocycles. The van der Waals surface area contributed by atoms with Crippen molar-refractivity contribution in [2.45, 2.75) is 13.0 Å². The number of anilines is 1. The first kappa shape index (κ1) is 11.4. The second-order valence-electron chi connectivity index (χ2n) is 3.68. The zero-order chi connectivity index (χ0) is 11.5. The Kier molecular flexibility index (Phi) is 3.46. The van der Waals surface area contributed by atoms with Gasteiger partial charge in [-0.1, -0.05) is 11.6 Å². The summed E-state index contributed by atoms with van der Waals surface area (Å²) in [4.78, 5) is 13.9. The Hall–Kier alpha value is -1.07. The predicted octanol–water partition coefficient (Wildman–Crippen LogP) is 0.270. The van der Waals surface area contributed by atoms with E-state index in [0.29, 0.717) is 18.8 Å². The van der Waals surface area contributed by atoms with Crippen molar-refractivity contribution in [1.29, 1.82) is 0 Å². The summed E-state index contributed by atoms with van der Waals surface area (Å²) in [5, 5.41) is 4.29. The molecule has 6 heteroatoms. The van der Waals surface area contributed by atoms with Crippen LogP contribution in [-0.4, -0.2) is 29.4 Å². The quantitative estimate of drug-likeness (QED) is 0.825. The smallest absolute Gasteiger partial charge is 0.287 e. The molecule has 1 radical (unpaired) electrons. The predicted molar refractivity (Wildman–Crippen MR) is 63.7 cm³/mol. The van der Waals surface area contributed by atoms with Gasteiger partial charge in [-0.25, -0.2) is 4.68 Å². The molecule has 0 amide bonds. The average Bonchev–Trinajstić information content (AvgIpc) is 2.79. The Labute approximate surface area is 98.8 Å². The van der Waals surface area contributed by atoms with Gasteiger partial charge in [0, 0.05) is 19.6 Å². The number of halogens is 1. The van der Waals surface area contributed by atoms with Crippen LogP contribution >= 0.6 is 11.6 Å². The van der Waals surface area contributed by atoms with E-state index in [9.17, 15) is 4.79 Å². The van der Waals surface area contributed by atoms with E-state index in [0.717, 1.165) is 19.5 Å². The highest BCUT2D eigenvalue weighted by Crippen LogP contribution is 2.24. The van der Waals surface area contributed by atoms with Gasteiger partial charge in [0.15, 0.2) is 0 Å². The van der Waals surface area contributed by atoms with Crippen molar-refractivity contribution in [2.24, 2.45) is 5.73 Å². The van der Waals surface area contributed by atoms with E-state index < -0.39 is 0 Å². The highest BCUT2D eigenvalue weighted by atomic mass is 35.5. The number of hydrogen-bond donors (Lipinski definition) is 1. The van der Waals surface area contributed by atoms with Crippen molar-refractivity contribution in [2.75, 3.05) is 24.5 Å². The van der Waals surface area contributed by atoms with Gasteiger partial charge >= 0.3 is 0 Å². The molecule has 0 aliphatic carbocycles. The topological polar surface area (TPSA) is 64.2 Å². The molecule has 0 spiro atoms. The molecule has 1 aromatic rings. The molecule has 1 saturated heterocycles. The lowest BCUT2D eigenvalue weighted by Crippen LogP contribution is -2.29. The summed E-state index contributed by atoms with van der Waals surface area (Å²) in [6.45, 7) is 2.48. The number of hydrogen-bond acceptors (Lipinski definition) is 4. The van der Waals surface area contributed by atoms with Gasteiger partial charge in [0.1, 0.15) is 5.02 Å². The van der Waals surface area contributed by atoms with Crippen LogP contribution in [0.1, 0.15) is 6.42 Å². The Morgan fingerprint density at radius 2 is 2.38 bits per heavy atom. The van der Waals surface area contributed by atoms with Gasteiger partial charge in [-0.2, -0.15) is 5.10 Å². The normalized spacial score (nSPS) is 15.8. The summed E-state index contributed by atoms with van der Waals surface area (Å²) in [7, 11) is 0. The summed E-state index contributed by atoms with van der Waals surface area (Å²) < 4.78 is 1.30. The molecule has 87 valence electrons. The van der Waals surface area contributed by atoms with E-state index in [2.05, 4.69) is 11.5 Å². The van der Waals surface area contributed by atoms with E-state index in [1.54, 1.807) is 6.20 Å². The number of rotatable bonds is 3. The van der Waals surface area contributed by atoms with Gasteiger partial charge in [-0.05, 0) is 12.8 Å². The third kappa shape index (κ3) is 2.05. The molecule has 0 unspecified atom stereocenters. The van der Waals surface area contributed by atoms with Gasteiger partial charge in [-0.15, -0.1) is 0 Å². The Bertz CT molecular complexity index is 425.